The summed E-state index contributed by atoms with van der Waals surface area (Å²) in [4.78, 5) is 121. The van der Waals surface area contributed by atoms with Gasteiger partial charge in [-0.05, 0) is 98.7 Å². The number of likely N-dealkylation sites (N-methyl/N-ethyl adjacent to an activating group) is 1. The summed E-state index contributed by atoms with van der Waals surface area (Å²) in [7, 11) is 4.89. The van der Waals surface area contributed by atoms with Crippen LogP contribution in [0.4, 0.5) is 22.1 Å². The number of nitrogens with two attached hydrogens (primary N) is 1. The number of nitrogens with zero attached hydrogens (tertiary/aromatic N) is 11. The Kier molecular flexibility index (Phi) is 20.0. The van der Waals surface area contributed by atoms with Crippen LogP contribution in [0.5, 0.6) is 0 Å². The van der Waals surface area contributed by atoms with E-state index < -0.39 is 23.7 Å². The van der Waals surface area contributed by atoms with Gasteiger partial charge < -0.3 is 56.2 Å². The molecular formula is C62H77ClN16O9. The summed E-state index contributed by atoms with van der Waals surface area (Å²) >= 11 is 6.96. The zero-order valence-corrected chi connectivity index (χ0v) is 50.9. The third kappa shape index (κ3) is 14.7. The van der Waals surface area contributed by atoms with Crippen molar-refractivity contribution in [3.05, 3.63) is 89.0 Å². The monoisotopic (exact) mass is 1220 g/mol. The van der Waals surface area contributed by atoms with Crippen molar-refractivity contribution in [2.24, 2.45) is 12.8 Å². The van der Waals surface area contributed by atoms with Gasteiger partial charge in [-0.1, -0.05) is 42.3 Å². The quantitative estimate of drug-likeness (QED) is 0.0408. The number of esters is 1. The highest BCUT2D eigenvalue weighted by molar-refractivity contribution is 6.34. The van der Waals surface area contributed by atoms with Gasteiger partial charge in [-0.2, -0.15) is 10.2 Å². The number of urea groups is 1. The molecule has 4 aliphatic heterocycles. The SMILES string of the molecule is COC(=O)CNC(=O)CNC(=O)Cn1nc(C2CCN(C(=O)CCC(=O)NCCCCCC(=O)N3CCC(c4ccc(Nc5nc(N6CCC[C@@H](N7CCN(C)C7=O)C6)cnc5C(N)=O)cc4)CC3)CC2)c2c(-c3cc4c(cnn4C)cc3Cl)cccc21. The Labute approximate surface area is 515 Å². The second-order valence-electron chi connectivity index (χ2n) is 23.2. The number of methoxy groups -OCH3 is 1. The van der Waals surface area contributed by atoms with E-state index in [9.17, 15) is 38.4 Å². The Balaban J connectivity index is 0.638. The Morgan fingerprint density at radius 2 is 1.45 bits per heavy atom. The minimum absolute atomic E-state index is 0.0402. The molecule has 8 amide bonds. The number of unbranched alkanes of at least 4 members (excludes halogenated alkanes) is 2. The van der Waals surface area contributed by atoms with Crippen LogP contribution in [-0.2, 0) is 47.1 Å². The molecule has 25 nitrogen and oxygen atoms in total. The molecule has 6 aromatic rings. The summed E-state index contributed by atoms with van der Waals surface area (Å²) in [5, 5.41) is 22.9. The van der Waals surface area contributed by atoms with E-state index in [1.54, 1.807) is 31.6 Å². The minimum Gasteiger partial charge on any atom is -0.468 e. The first-order valence-corrected chi connectivity index (χ1v) is 30.7. The minimum atomic E-state index is -0.690. The predicted octanol–water partition coefficient (Wildman–Crippen LogP) is 5.19. The molecule has 0 spiro atoms. The zero-order valence-electron chi connectivity index (χ0n) is 50.1. The van der Waals surface area contributed by atoms with Crippen LogP contribution in [0.2, 0.25) is 5.02 Å². The molecule has 466 valence electrons. The van der Waals surface area contributed by atoms with Crippen LogP contribution >= 0.6 is 11.6 Å². The number of fused-ring (bicyclic) bond motifs is 2. The summed E-state index contributed by atoms with van der Waals surface area (Å²) in [5.74, 6) is -1.41. The first kappa shape index (κ1) is 62.2. The molecule has 88 heavy (non-hydrogen) atoms. The van der Waals surface area contributed by atoms with Crippen LogP contribution in [0.3, 0.4) is 0 Å². The summed E-state index contributed by atoms with van der Waals surface area (Å²) in [6.45, 7) is 4.62. The number of ether oxygens (including phenoxy) is 1. The number of primary amides is 1. The number of halogens is 1. The molecule has 6 N–H and O–H groups in total. The van der Waals surface area contributed by atoms with Crippen LogP contribution in [-0.4, -0.2) is 189 Å². The summed E-state index contributed by atoms with van der Waals surface area (Å²) < 4.78 is 7.95. The van der Waals surface area contributed by atoms with Gasteiger partial charge in [0.2, 0.25) is 29.5 Å². The summed E-state index contributed by atoms with van der Waals surface area (Å²) in [5.41, 5.74) is 11.6. The number of aromatic nitrogens is 6. The average Bonchev–Trinajstić information content (AvgIpc) is 2.06. The molecule has 4 fully saturated rings. The van der Waals surface area contributed by atoms with Gasteiger partial charge in [-0.3, -0.25) is 42.9 Å². The predicted molar refractivity (Wildman–Crippen MR) is 331 cm³/mol. The Morgan fingerprint density at radius 3 is 2.17 bits per heavy atom. The van der Waals surface area contributed by atoms with Gasteiger partial charge in [0.25, 0.3) is 5.91 Å². The fraction of sp³-hybridized carbons (Fsp3) is 0.484. The van der Waals surface area contributed by atoms with E-state index in [0.29, 0.717) is 101 Å². The molecular weight excluding hydrogens is 1150 g/mol. The molecule has 1 atom stereocenters. The average molecular weight is 1230 g/mol. The molecule has 0 bridgehead atoms. The number of amides is 8. The molecule has 0 aliphatic carbocycles. The van der Waals surface area contributed by atoms with E-state index in [2.05, 4.69) is 53.1 Å². The fourth-order valence-corrected chi connectivity index (χ4v) is 12.7. The molecule has 0 unspecified atom stereocenters. The van der Waals surface area contributed by atoms with Crippen LogP contribution in [0, 0.1) is 0 Å². The highest BCUT2D eigenvalue weighted by Crippen LogP contribution is 2.42. The standard InChI is InChI=1S/C62H77ClN16O9/c1-73-29-30-78(62(73)87)44-9-8-24-77(37-44)50-34-68-59(60(64)86)61(71-50)70-43-15-13-39(14-16-43)40-19-25-75(26-20-40)54(83)12-5-4-6-23-65-51(80)17-18-55(84)76-27-21-41(22-28-76)58-57-45(46-32-49-42(31-47(46)63)33-69-74(49)2)10-7-11-48(57)79(72-58)38-53(82)66-35-52(81)67-36-56(85)88-3/h7,10-11,13-16,31-34,40-41,44H,4-6,8-9,12,17-30,35-38H2,1-3H3,(H2,64,86)(H,65,80)(H,66,82)(H,67,81)(H,70,71)/t44-/m1/s1. The molecule has 4 aliphatic rings. The summed E-state index contributed by atoms with van der Waals surface area (Å²) in [6, 6.07) is 17.7. The number of carbonyl (C=O) groups is 8. The zero-order chi connectivity index (χ0) is 62.0. The normalized spacial score (nSPS) is 16.8. The Morgan fingerprint density at radius 1 is 0.727 bits per heavy atom. The molecule has 4 saturated heterocycles. The van der Waals surface area contributed by atoms with Crippen LogP contribution in [0.1, 0.15) is 111 Å². The van der Waals surface area contributed by atoms with Crippen molar-refractivity contribution in [1.29, 1.82) is 0 Å². The molecule has 7 heterocycles. The van der Waals surface area contributed by atoms with E-state index >= 15 is 0 Å². The maximum atomic E-state index is 13.5. The maximum absolute atomic E-state index is 13.5. The van der Waals surface area contributed by atoms with Crippen molar-refractivity contribution in [2.75, 3.05) is 96.4 Å². The summed E-state index contributed by atoms with van der Waals surface area (Å²) in [6.07, 6.45) is 10.8. The molecule has 3 aromatic heterocycles. The van der Waals surface area contributed by atoms with Gasteiger partial charge in [0.05, 0.1) is 48.8 Å². The lowest BCUT2D eigenvalue weighted by Crippen LogP contribution is -2.49. The van der Waals surface area contributed by atoms with Crippen molar-refractivity contribution in [3.8, 4) is 11.1 Å². The number of likely N-dealkylation sites (tertiary alicyclic amines) is 2. The Bertz CT molecular complexity index is 3580. The maximum Gasteiger partial charge on any atom is 0.325 e. The first-order chi connectivity index (χ1) is 42.5. The Hall–Kier alpha value is -8.87. The van der Waals surface area contributed by atoms with Gasteiger partial charge in [0, 0.05) is 125 Å². The number of nitrogens with one attached hydrogen (secondary N) is 4. The lowest BCUT2D eigenvalue weighted by Gasteiger charge is -2.37. The third-order valence-electron chi connectivity index (χ3n) is 17.4. The largest absolute Gasteiger partial charge is 0.468 e. The highest BCUT2D eigenvalue weighted by atomic mass is 35.5. The van der Waals surface area contributed by atoms with Crippen molar-refractivity contribution >= 4 is 98.2 Å². The topological polar surface area (TPSA) is 298 Å². The van der Waals surface area contributed by atoms with Gasteiger partial charge >= 0.3 is 12.0 Å². The van der Waals surface area contributed by atoms with Crippen molar-refractivity contribution < 1.29 is 43.1 Å². The van der Waals surface area contributed by atoms with Crippen LogP contribution in [0.15, 0.2) is 67.0 Å². The van der Waals surface area contributed by atoms with Gasteiger partial charge in [0.15, 0.2) is 11.5 Å². The van der Waals surface area contributed by atoms with E-state index in [-0.39, 0.29) is 85.6 Å². The number of anilines is 3. The van der Waals surface area contributed by atoms with Gasteiger partial charge in [0.1, 0.15) is 18.9 Å². The second-order valence-corrected chi connectivity index (χ2v) is 23.6. The first-order valence-electron chi connectivity index (χ1n) is 30.4. The number of hydrogen-bond donors (Lipinski definition) is 5. The van der Waals surface area contributed by atoms with Crippen molar-refractivity contribution in [3.63, 3.8) is 0 Å². The van der Waals surface area contributed by atoms with E-state index in [1.807, 2.05) is 66.4 Å². The van der Waals surface area contributed by atoms with E-state index in [4.69, 9.17) is 27.4 Å². The molecule has 26 heteroatoms. The van der Waals surface area contributed by atoms with Crippen LogP contribution in [0.25, 0.3) is 32.9 Å². The number of benzene rings is 3. The lowest BCUT2D eigenvalue weighted by molar-refractivity contribution is -0.141. The molecule has 10 rings (SSSR count). The van der Waals surface area contributed by atoms with Crippen molar-refractivity contribution in [1.82, 2.24) is 65.1 Å². The number of carbonyl (C=O) groups excluding carboxylic acids is 8. The number of piperidine rings is 3. The van der Waals surface area contributed by atoms with Crippen molar-refractivity contribution in [2.45, 2.75) is 101 Å². The van der Waals surface area contributed by atoms with Crippen LogP contribution < -0.4 is 31.9 Å². The number of rotatable bonds is 23. The van der Waals surface area contributed by atoms with E-state index in [0.717, 1.165) is 77.4 Å². The third-order valence-corrected chi connectivity index (χ3v) is 17.7. The second kappa shape index (κ2) is 28.3. The molecule has 3 aromatic carbocycles. The van der Waals surface area contributed by atoms with Gasteiger partial charge in [-0.25, -0.2) is 14.8 Å². The number of aryl methyl sites for hydroxylation is 1. The fourth-order valence-electron chi connectivity index (χ4n) is 12.4. The highest BCUT2D eigenvalue weighted by Gasteiger charge is 2.36. The lowest BCUT2D eigenvalue weighted by atomic mass is 9.89. The van der Waals surface area contributed by atoms with E-state index in [1.165, 1.54) is 12.7 Å². The molecule has 0 saturated carbocycles. The smallest absolute Gasteiger partial charge is 0.325 e. The number of hydrogen-bond acceptors (Lipinski definition) is 15. The molecule has 0 radical (unpaired) electrons. The van der Waals surface area contributed by atoms with Gasteiger partial charge in [-0.15, -0.1) is 0 Å².